The fourth-order valence-corrected chi connectivity index (χ4v) is 4.32. The van der Waals surface area contributed by atoms with Crippen molar-refractivity contribution >= 4 is 32.6 Å². The minimum absolute atomic E-state index is 0.150. The van der Waals surface area contributed by atoms with E-state index in [-0.39, 0.29) is 11.9 Å². The molecule has 1 amide bonds. The Bertz CT molecular complexity index is 932. The topological polar surface area (TPSA) is 71.0 Å². The van der Waals surface area contributed by atoms with Gasteiger partial charge in [0.05, 0.1) is 16.4 Å². The van der Waals surface area contributed by atoms with Gasteiger partial charge >= 0.3 is 0 Å². The van der Waals surface area contributed by atoms with Crippen molar-refractivity contribution in [2.24, 2.45) is 0 Å². The number of carbonyl (C=O) groups is 1. The molecule has 1 fully saturated rings. The Labute approximate surface area is 156 Å². The fraction of sp³-hybridized carbons (Fsp3) is 0.368. The lowest BCUT2D eigenvalue weighted by Crippen LogP contribution is -2.44. The Morgan fingerprint density at radius 2 is 2.04 bits per heavy atom. The molecule has 4 rings (SSSR count). The first-order chi connectivity index (χ1) is 12.6. The van der Waals surface area contributed by atoms with E-state index in [2.05, 4.69) is 46.2 Å². The summed E-state index contributed by atoms with van der Waals surface area (Å²) in [4.78, 5) is 27.4. The number of nitrogens with one attached hydrogen (secondary N) is 1. The fourth-order valence-electron chi connectivity index (χ4n) is 3.24. The van der Waals surface area contributed by atoms with Crippen molar-refractivity contribution in [2.75, 3.05) is 18.0 Å². The highest BCUT2D eigenvalue weighted by atomic mass is 32.1. The monoisotopic (exact) mass is 367 g/mol. The van der Waals surface area contributed by atoms with Crippen molar-refractivity contribution in [2.45, 2.75) is 32.7 Å². The van der Waals surface area contributed by atoms with Gasteiger partial charge in [0.25, 0.3) is 5.91 Å². The summed E-state index contributed by atoms with van der Waals surface area (Å²) in [6.45, 7) is 6.04. The molecule has 3 heterocycles. The number of aryl methyl sites for hydroxylation is 2. The molecule has 0 atom stereocenters. The molecule has 6 nitrogen and oxygen atoms in total. The van der Waals surface area contributed by atoms with Crippen molar-refractivity contribution in [3.63, 3.8) is 0 Å². The number of carbonyl (C=O) groups excluding carboxylic acids is 1. The third kappa shape index (κ3) is 3.26. The quantitative estimate of drug-likeness (QED) is 0.770. The molecule has 2 aromatic heterocycles. The number of anilines is 1. The van der Waals surface area contributed by atoms with Crippen LogP contribution in [0.25, 0.3) is 10.2 Å². The SMILES string of the molecule is Cc1ccc2sc(N3CCC(NC(=O)c4cnccn4)CC3)nc2c1C. The summed E-state index contributed by atoms with van der Waals surface area (Å²) >= 11 is 1.75. The van der Waals surface area contributed by atoms with Gasteiger partial charge in [-0.2, -0.15) is 0 Å². The molecular weight excluding hydrogens is 346 g/mol. The van der Waals surface area contributed by atoms with Crippen LogP contribution in [0.2, 0.25) is 0 Å². The second kappa shape index (κ2) is 6.99. The van der Waals surface area contributed by atoms with Crippen LogP contribution in [-0.2, 0) is 0 Å². The van der Waals surface area contributed by atoms with Crippen LogP contribution in [0, 0.1) is 13.8 Å². The summed E-state index contributed by atoms with van der Waals surface area (Å²) in [5.74, 6) is -0.150. The van der Waals surface area contributed by atoms with Gasteiger partial charge in [-0.25, -0.2) is 9.97 Å². The zero-order valence-electron chi connectivity index (χ0n) is 14.9. The van der Waals surface area contributed by atoms with Crippen molar-refractivity contribution in [1.29, 1.82) is 0 Å². The minimum Gasteiger partial charge on any atom is -0.348 e. The molecule has 1 aliphatic heterocycles. The molecular formula is C19H21N5OS. The summed E-state index contributed by atoms with van der Waals surface area (Å²) in [6, 6.07) is 4.49. The van der Waals surface area contributed by atoms with Gasteiger partial charge in [0.2, 0.25) is 0 Å². The molecule has 0 bridgehead atoms. The summed E-state index contributed by atoms with van der Waals surface area (Å²) in [5.41, 5.74) is 4.02. The average Bonchev–Trinajstić information content (AvgIpc) is 3.11. The van der Waals surface area contributed by atoms with Crippen LogP contribution in [0.15, 0.2) is 30.7 Å². The first-order valence-corrected chi connectivity index (χ1v) is 9.62. The maximum atomic E-state index is 12.2. The zero-order chi connectivity index (χ0) is 18.1. The number of hydrogen-bond acceptors (Lipinski definition) is 6. The Morgan fingerprint density at radius 1 is 1.23 bits per heavy atom. The molecule has 0 unspecified atom stereocenters. The van der Waals surface area contributed by atoms with Gasteiger partial charge in [0.15, 0.2) is 5.13 Å². The van der Waals surface area contributed by atoms with E-state index in [9.17, 15) is 4.79 Å². The van der Waals surface area contributed by atoms with Crippen LogP contribution in [0.3, 0.4) is 0 Å². The number of hydrogen-bond donors (Lipinski definition) is 1. The smallest absolute Gasteiger partial charge is 0.271 e. The normalized spacial score (nSPS) is 15.4. The number of benzene rings is 1. The Kier molecular flexibility index (Phi) is 4.55. The van der Waals surface area contributed by atoms with Gasteiger partial charge in [-0.15, -0.1) is 0 Å². The summed E-state index contributed by atoms with van der Waals surface area (Å²) in [6.07, 6.45) is 6.40. The van der Waals surface area contributed by atoms with E-state index in [0.29, 0.717) is 5.69 Å². The van der Waals surface area contributed by atoms with E-state index in [1.807, 2.05) is 0 Å². The van der Waals surface area contributed by atoms with Gasteiger partial charge in [0, 0.05) is 31.5 Å². The highest BCUT2D eigenvalue weighted by Gasteiger charge is 2.23. The van der Waals surface area contributed by atoms with Gasteiger partial charge in [-0.3, -0.25) is 9.78 Å². The lowest BCUT2D eigenvalue weighted by atomic mass is 10.1. The number of rotatable bonds is 3. The highest BCUT2D eigenvalue weighted by Crippen LogP contribution is 2.33. The molecule has 0 saturated carbocycles. The number of thiazole rings is 1. The zero-order valence-corrected chi connectivity index (χ0v) is 15.7. The number of piperidine rings is 1. The van der Waals surface area contributed by atoms with Gasteiger partial charge < -0.3 is 10.2 Å². The lowest BCUT2D eigenvalue weighted by molar-refractivity contribution is 0.0925. The van der Waals surface area contributed by atoms with Gasteiger partial charge in [-0.05, 0) is 43.9 Å². The van der Waals surface area contributed by atoms with Crippen LogP contribution in [0.1, 0.15) is 34.5 Å². The maximum absolute atomic E-state index is 12.2. The average molecular weight is 367 g/mol. The summed E-state index contributed by atoms with van der Waals surface area (Å²) in [5, 5.41) is 4.14. The molecule has 0 spiro atoms. The number of nitrogens with zero attached hydrogens (tertiary/aromatic N) is 4. The predicted molar refractivity (Wildman–Crippen MR) is 104 cm³/mol. The van der Waals surface area contributed by atoms with Crippen LogP contribution >= 0.6 is 11.3 Å². The van der Waals surface area contributed by atoms with Crippen LogP contribution in [0.4, 0.5) is 5.13 Å². The second-order valence-corrected chi connectivity index (χ2v) is 7.69. The molecule has 0 aliphatic carbocycles. The summed E-state index contributed by atoms with van der Waals surface area (Å²) in [7, 11) is 0. The third-order valence-corrected chi connectivity index (χ3v) is 6.05. The number of aromatic nitrogens is 3. The van der Waals surface area contributed by atoms with E-state index >= 15 is 0 Å². The van der Waals surface area contributed by atoms with E-state index in [1.54, 1.807) is 17.5 Å². The molecule has 134 valence electrons. The van der Waals surface area contributed by atoms with E-state index in [4.69, 9.17) is 4.98 Å². The van der Waals surface area contributed by atoms with Crippen LogP contribution < -0.4 is 10.2 Å². The largest absolute Gasteiger partial charge is 0.348 e. The first kappa shape index (κ1) is 16.9. The Morgan fingerprint density at radius 3 is 2.77 bits per heavy atom. The molecule has 7 heteroatoms. The van der Waals surface area contributed by atoms with Crippen LogP contribution in [0.5, 0.6) is 0 Å². The first-order valence-electron chi connectivity index (χ1n) is 8.80. The van der Waals surface area contributed by atoms with E-state index < -0.39 is 0 Å². The summed E-state index contributed by atoms with van der Waals surface area (Å²) < 4.78 is 1.24. The molecule has 1 aliphatic rings. The maximum Gasteiger partial charge on any atom is 0.271 e. The van der Waals surface area contributed by atoms with E-state index in [1.165, 1.54) is 28.2 Å². The molecule has 0 radical (unpaired) electrons. The highest BCUT2D eigenvalue weighted by molar-refractivity contribution is 7.22. The molecule has 1 saturated heterocycles. The molecule has 1 N–H and O–H groups in total. The molecule has 3 aromatic rings. The molecule has 1 aromatic carbocycles. The lowest BCUT2D eigenvalue weighted by Gasteiger charge is -2.32. The van der Waals surface area contributed by atoms with Crippen molar-refractivity contribution in [1.82, 2.24) is 20.3 Å². The van der Waals surface area contributed by atoms with E-state index in [0.717, 1.165) is 36.6 Å². The third-order valence-electron chi connectivity index (χ3n) is 4.97. The minimum atomic E-state index is -0.150. The van der Waals surface area contributed by atoms with Gasteiger partial charge in [0.1, 0.15) is 5.69 Å². The second-order valence-electron chi connectivity index (χ2n) is 6.68. The standard InChI is InChI=1S/C19H21N5OS/c1-12-3-4-16-17(13(12)2)23-19(26-16)24-9-5-14(6-10-24)22-18(25)15-11-20-7-8-21-15/h3-4,7-8,11,14H,5-6,9-10H2,1-2H3,(H,22,25). The van der Waals surface area contributed by atoms with Crippen LogP contribution in [-0.4, -0.2) is 40.0 Å². The number of fused-ring (bicyclic) bond motifs is 1. The van der Waals surface area contributed by atoms with Crippen molar-refractivity contribution in [3.05, 3.63) is 47.5 Å². The Hall–Kier alpha value is -2.54. The van der Waals surface area contributed by atoms with Gasteiger partial charge in [-0.1, -0.05) is 17.4 Å². The predicted octanol–water partition coefficient (Wildman–Crippen LogP) is 3.10. The Balaban J connectivity index is 1.41. The van der Waals surface area contributed by atoms with Crippen molar-refractivity contribution < 1.29 is 4.79 Å². The molecule has 26 heavy (non-hydrogen) atoms. The van der Waals surface area contributed by atoms with Crippen molar-refractivity contribution in [3.8, 4) is 0 Å². The number of amides is 1.